The molecule has 0 aliphatic carbocycles. The van der Waals surface area contributed by atoms with Gasteiger partial charge in [0.2, 0.25) is 0 Å². The van der Waals surface area contributed by atoms with Crippen LogP contribution in [0.5, 0.6) is 0 Å². The van der Waals surface area contributed by atoms with Gasteiger partial charge in [0.15, 0.2) is 0 Å². The molecule has 0 aliphatic rings. The van der Waals surface area contributed by atoms with Crippen LogP contribution >= 0.6 is 0 Å². The van der Waals surface area contributed by atoms with Crippen molar-refractivity contribution in [2.45, 2.75) is 18.7 Å². The van der Waals surface area contributed by atoms with Crippen LogP contribution in [0.2, 0.25) is 0 Å². The van der Waals surface area contributed by atoms with E-state index in [0.29, 0.717) is 0 Å². The first-order chi connectivity index (χ1) is 8.72. The molecule has 0 bridgehead atoms. The van der Waals surface area contributed by atoms with Gasteiger partial charge in [-0.1, -0.05) is 29.3 Å². The Labute approximate surface area is 174 Å². The maximum Gasteiger partial charge on any atom is 0.0319 e. The van der Waals surface area contributed by atoms with Crippen LogP contribution in [0.1, 0.15) is 11.1 Å². The zero-order valence-corrected chi connectivity index (χ0v) is 19.3. The number of aliphatic hydroxyl groups is 2. The first-order valence-electron chi connectivity index (χ1n) is 5.51. The van der Waals surface area contributed by atoms with Crippen molar-refractivity contribution in [3.63, 3.8) is 0 Å². The summed E-state index contributed by atoms with van der Waals surface area (Å²) in [5, 5.41) is 14.0. The summed E-state index contributed by atoms with van der Waals surface area (Å²) in [6, 6.07) is 16.1. The van der Waals surface area contributed by atoms with Crippen LogP contribution < -0.4 is 0 Å². The SMILES string of the molecule is CO.CO.Cc1cccc(C)c1[S-].[CH3-].[CH3-].[CH3-].[CH3-].[CH3-].[Ti].c1cc[cH-]c1. The zero-order chi connectivity index (χ0) is 14.4. The molecule has 0 radical (unpaired) electrons. The van der Waals surface area contributed by atoms with Gasteiger partial charge in [-0.15, -0.1) is 0 Å². The van der Waals surface area contributed by atoms with Gasteiger partial charge in [0, 0.05) is 35.9 Å². The average molecular weight is 389 g/mol. The zero-order valence-electron chi connectivity index (χ0n) is 16.9. The van der Waals surface area contributed by atoms with Crippen LogP contribution in [0.15, 0.2) is 53.4 Å². The fourth-order valence-electron chi connectivity index (χ4n) is 1.12. The average Bonchev–Trinajstić information content (AvgIpc) is 3.00. The normalized spacial score (nSPS) is 5.75. The number of hydrogen-bond acceptors (Lipinski definition) is 3. The van der Waals surface area contributed by atoms with Crippen molar-refractivity contribution in [1.82, 2.24) is 0 Å². The third-order valence-corrected chi connectivity index (χ3v) is 2.61. The molecule has 4 heteroatoms. The molecule has 0 saturated heterocycles. The van der Waals surface area contributed by atoms with Crippen molar-refractivity contribution in [3.8, 4) is 0 Å². The first kappa shape index (κ1) is 49.5. The van der Waals surface area contributed by atoms with E-state index >= 15 is 0 Å². The number of aryl methyl sites for hydroxylation is 2. The molecule has 0 aliphatic heterocycles. The summed E-state index contributed by atoms with van der Waals surface area (Å²) in [5.41, 5.74) is 2.40. The molecule has 2 rings (SSSR count). The second-order valence-corrected chi connectivity index (χ2v) is 3.59. The van der Waals surface area contributed by atoms with Gasteiger partial charge in [0.1, 0.15) is 0 Å². The molecular formula is C20H37O2STi-7. The summed E-state index contributed by atoms with van der Waals surface area (Å²) >= 11 is 5.09. The fourth-order valence-corrected chi connectivity index (χ4v) is 1.26. The maximum absolute atomic E-state index is 7.00. The second kappa shape index (κ2) is 38.2. The molecule has 24 heavy (non-hydrogen) atoms. The van der Waals surface area contributed by atoms with E-state index in [1.54, 1.807) is 0 Å². The molecule has 0 atom stereocenters. The minimum atomic E-state index is 0. The van der Waals surface area contributed by atoms with Gasteiger partial charge in [-0.05, 0) is 13.8 Å². The van der Waals surface area contributed by atoms with Gasteiger partial charge >= 0.3 is 0 Å². The van der Waals surface area contributed by atoms with E-state index in [2.05, 4.69) is 0 Å². The Kier molecular flexibility index (Phi) is 78.7. The Hall–Kier alpha value is -0.576. The largest absolute Gasteiger partial charge is 0.779 e. The van der Waals surface area contributed by atoms with E-state index in [-0.39, 0.29) is 58.9 Å². The van der Waals surface area contributed by atoms with Crippen molar-refractivity contribution in [1.29, 1.82) is 0 Å². The molecule has 2 N–H and O–H groups in total. The molecular weight excluding hydrogens is 352 g/mol. The Morgan fingerprint density at radius 2 is 1.00 bits per heavy atom. The van der Waals surface area contributed by atoms with Gasteiger partial charge in [-0.25, -0.2) is 12.1 Å². The second-order valence-electron chi connectivity index (χ2n) is 3.18. The molecule has 0 spiro atoms. The number of benzene rings is 1. The van der Waals surface area contributed by atoms with Crippen molar-refractivity contribution < 1.29 is 31.9 Å². The van der Waals surface area contributed by atoms with E-state index in [4.69, 9.17) is 22.8 Å². The molecule has 2 aromatic carbocycles. The van der Waals surface area contributed by atoms with Crippen molar-refractivity contribution in [3.05, 3.63) is 96.8 Å². The number of rotatable bonds is 0. The maximum atomic E-state index is 7.00. The monoisotopic (exact) mass is 389 g/mol. The third kappa shape index (κ3) is 26.3. The van der Waals surface area contributed by atoms with E-state index in [0.717, 1.165) is 19.1 Å². The van der Waals surface area contributed by atoms with E-state index in [1.807, 2.05) is 62.4 Å². The van der Waals surface area contributed by atoms with Crippen molar-refractivity contribution in [2.24, 2.45) is 0 Å². The van der Waals surface area contributed by atoms with Crippen LogP contribution in [0.4, 0.5) is 0 Å². The minimum absolute atomic E-state index is 0. The molecule has 0 aromatic heterocycles. The van der Waals surface area contributed by atoms with Crippen LogP contribution in [-0.4, -0.2) is 24.4 Å². The summed E-state index contributed by atoms with van der Waals surface area (Å²) in [7, 11) is 2.00. The molecule has 2 nitrogen and oxygen atoms in total. The number of aliphatic hydroxyl groups excluding tert-OH is 2. The Morgan fingerprint density at radius 1 is 0.708 bits per heavy atom. The Bertz CT molecular complexity index is 340. The molecule has 0 heterocycles. The summed E-state index contributed by atoms with van der Waals surface area (Å²) in [6.07, 6.45) is 0. The Morgan fingerprint density at radius 3 is 1.17 bits per heavy atom. The minimum Gasteiger partial charge on any atom is -0.779 e. The summed E-state index contributed by atoms with van der Waals surface area (Å²) in [6.45, 7) is 4.07. The number of hydrogen-bond donors (Lipinski definition) is 2. The standard InChI is InChI=1S/C8H10S.C5H5.2CH4O.5CH3.Ti/c1-6-4-3-5-7(2)8(6)9;1-2-4-5-3-1;2*1-2;;;;;;/h3-5,9H,1-2H3;1-5H;2*2H,1H3;5*1H3;/q;-1;;;5*-1;/p-1. The molecule has 0 fully saturated rings. The molecule has 2 aromatic rings. The fraction of sp³-hybridized carbons (Fsp3) is 0.200. The van der Waals surface area contributed by atoms with Crippen molar-refractivity contribution >= 4 is 12.6 Å². The van der Waals surface area contributed by atoms with Gasteiger partial charge < -0.3 is 60.0 Å². The van der Waals surface area contributed by atoms with Gasteiger partial charge in [0.05, 0.1) is 0 Å². The van der Waals surface area contributed by atoms with E-state index < -0.39 is 0 Å². The predicted octanol–water partition coefficient (Wildman–Crippen LogP) is 5.08. The van der Waals surface area contributed by atoms with Crippen LogP contribution in [0.3, 0.4) is 0 Å². The van der Waals surface area contributed by atoms with Crippen LogP contribution in [0, 0.1) is 51.0 Å². The van der Waals surface area contributed by atoms with Gasteiger partial charge in [-0.2, -0.15) is 23.1 Å². The van der Waals surface area contributed by atoms with Gasteiger partial charge in [0.25, 0.3) is 0 Å². The predicted molar refractivity (Wildman–Crippen MR) is 112 cm³/mol. The molecule has 0 unspecified atom stereocenters. The Balaban J connectivity index is -0.0000000254. The summed E-state index contributed by atoms with van der Waals surface area (Å²) in [4.78, 5) is 0.998. The van der Waals surface area contributed by atoms with Gasteiger partial charge in [-0.3, -0.25) is 0 Å². The third-order valence-electron chi connectivity index (χ3n) is 1.96. The molecule has 0 saturated carbocycles. The topological polar surface area (TPSA) is 40.5 Å². The van der Waals surface area contributed by atoms with E-state index in [1.165, 1.54) is 11.1 Å². The molecule has 146 valence electrons. The molecule has 0 amide bonds. The summed E-state index contributed by atoms with van der Waals surface area (Å²) < 4.78 is 0. The van der Waals surface area contributed by atoms with E-state index in [9.17, 15) is 0 Å². The smallest absolute Gasteiger partial charge is 0.0319 e. The summed E-state index contributed by atoms with van der Waals surface area (Å²) in [5.74, 6) is 0. The quantitative estimate of drug-likeness (QED) is 0.375. The van der Waals surface area contributed by atoms with Crippen LogP contribution in [0.25, 0.3) is 0 Å². The van der Waals surface area contributed by atoms with Crippen LogP contribution in [-0.2, 0) is 34.3 Å². The van der Waals surface area contributed by atoms with Crippen molar-refractivity contribution in [2.75, 3.05) is 14.2 Å². The first-order valence-corrected chi connectivity index (χ1v) is 5.92.